The molecule has 3 heterocycles. The molecule has 0 bridgehead atoms. The minimum atomic E-state index is -3.97. The Bertz CT molecular complexity index is 1490. The van der Waals surface area contributed by atoms with Gasteiger partial charge in [-0.25, -0.2) is 9.97 Å². The lowest BCUT2D eigenvalue weighted by atomic mass is 10.2. The predicted octanol–water partition coefficient (Wildman–Crippen LogP) is 4.51. The SMILES string of the molecule is Cc1ccc(S(=O)(=O)OCC(CO)Oc2ccc3nc(C=Cc4cnc(N5CCCC5)s4)oc3c2)cc1. The molecule has 1 atom stereocenters. The van der Waals surface area contributed by atoms with Crippen LogP contribution in [0.25, 0.3) is 23.3 Å². The van der Waals surface area contributed by atoms with Gasteiger partial charge in [-0.15, -0.1) is 0 Å². The molecule has 0 spiro atoms. The number of ether oxygens (including phenoxy) is 1. The molecule has 11 heteroatoms. The summed E-state index contributed by atoms with van der Waals surface area (Å²) in [6.45, 7) is 3.20. The van der Waals surface area contributed by atoms with Gasteiger partial charge in [-0.1, -0.05) is 29.0 Å². The highest BCUT2D eigenvalue weighted by atomic mass is 32.2. The highest BCUT2D eigenvalue weighted by Gasteiger charge is 2.20. The van der Waals surface area contributed by atoms with Crippen LogP contribution in [0.2, 0.25) is 0 Å². The highest BCUT2D eigenvalue weighted by Crippen LogP contribution is 2.28. The number of aliphatic hydroxyl groups is 1. The molecule has 0 saturated carbocycles. The topological polar surface area (TPSA) is 115 Å². The van der Waals surface area contributed by atoms with Gasteiger partial charge in [0, 0.05) is 36.3 Å². The van der Waals surface area contributed by atoms with E-state index in [4.69, 9.17) is 13.3 Å². The van der Waals surface area contributed by atoms with E-state index in [-0.39, 0.29) is 11.5 Å². The van der Waals surface area contributed by atoms with E-state index in [0.717, 1.165) is 28.7 Å². The first-order chi connectivity index (χ1) is 17.9. The summed E-state index contributed by atoms with van der Waals surface area (Å²) >= 11 is 1.63. The molecular formula is C26H27N3O6S2. The molecule has 37 heavy (non-hydrogen) atoms. The molecule has 5 rings (SSSR count). The van der Waals surface area contributed by atoms with Crippen LogP contribution >= 0.6 is 11.3 Å². The van der Waals surface area contributed by atoms with Crippen molar-refractivity contribution in [2.24, 2.45) is 0 Å². The molecule has 1 N–H and O–H groups in total. The van der Waals surface area contributed by atoms with Gasteiger partial charge in [0.2, 0.25) is 5.89 Å². The minimum absolute atomic E-state index is 0.0454. The number of hydrogen-bond acceptors (Lipinski definition) is 10. The fraction of sp³-hybridized carbons (Fsp3) is 0.308. The number of aryl methyl sites for hydroxylation is 1. The molecule has 0 radical (unpaired) electrons. The van der Waals surface area contributed by atoms with Gasteiger partial charge in [0.25, 0.3) is 10.1 Å². The van der Waals surface area contributed by atoms with E-state index >= 15 is 0 Å². The van der Waals surface area contributed by atoms with E-state index in [1.165, 1.54) is 25.0 Å². The molecule has 1 fully saturated rings. The smallest absolute Gasteiger partial charge is 0.297 e. The first kappa shape index (κ1) is 25.4. The van der Waals surface area contributed by atoms with Crippen LogP contribution in [0.3, 0.4) is 0 Å². The van der Waals surface area contributed by atoms with Crippen LogP contribution in [0.5, 0.6) is 5.75 Å². The number of benzene rings is 2. The Kier molecular flexibility index (Phi) is 7.56. The van der Waals surface area contributed by atoms with Crippen molar-refractivity contribution in [1.29, 1.82) is 0 Å². The third-order valence-electron chi connectivity index (χ3n) is 5.88. The van der Waals surface area contributed by atoms with Crippen molar-refractivity contribution in [3.63, 3.8) is 0 Å². The van der Waals surface area contributed by atoms with Crippen molar-refractivity contribution in [2.75, 3.05) is 31.2 Å². The highest BCUT2D eigenvalue weighted by molar-refractivity contribution is 7.86. The first-order valence-corrected chi connectivity index (χ1v) is 14.2. The van der Waals surface area contributed by atoms with Gasteiger partial charge in [0.1, 0.15) is 24.0 Å². The van der Waals surface area contributed by atoms with Crippen molar-refractivity contribution < 1.29 is 26.9 Å². The fourth-order valence-electron chi connectivity index (χ4n) is 3.88. The molecule has 1 aliphatic rings. The Morgan fingerprint density at radius 3 is 2.70 bits per heavy atom. The number of hydrogen-bond donors (Lipinski definition) is 1. The zero-order valence-electron chi connectivity index (χ0n) is 20.2. The van der Waals surface area contributed by atoms with Crippen LogP contribution in [0, 0.1) is 6.92 Å². The molecule has 1 aliphatic heterocycles. The van der Waals surface area contributed by atoms with E-state index in [9.17, 15) is 13.5 Å². The van der Waals surface area contributed by atoms with Crippen molar-refractivity contribution in [3.05, 3.63) is 65.0 Å². The Hall–Kier alpha value is -3.25. The van der Waals surface area contributed by atoms with Crippen LogP contribution in [0.15, 0.2) is 58.0 Å². The number of aliphatic hydroxyl groups excluding tert-OH is 1. The molecule has 2 aromatic heterocycles. The summed E-state index contributed by atoms with van der Waals surface area (Å²) in [5.74, 6) is 0.835. The summed E-state index contributed by atoms with van der Waals surface area (Å²) in [6.07, 6.45) is 7.08. The maximum Gasteiger partial charge on any atom is 0.297 e. The average Bonchev–Trinajstić information content (AvgIpc) is 3.66. The molecule has 1 unspecified atom stereocenters. The van der Waals surface area contributed by atoms with E-state index in [0.29, 0.717) is 22.7 Å². The summed E-state index contributed by atoms with van der Waals surface area (Å²) in [5, 5.41) is 10.7. The summed E-state index contributed by atoms with van der Waals surface area (Å²) < 4.78 is 41.6. The van der Waals surface area contributed by atoms with Crippen molar-refractivity contribution in [3.8, 4) is 5.75 Å². The summed E-state index contributed by atoms with van der Waals surface area (Å²) in [5.41, 5.74) is 2.09. The van der Waals surface area contributed by atoms with E-state index in [2.05, 4.69) is 14.9 Å². The predicted molar refractivity (Wildman–Crippen MR) is 142 cm³/mol. The molecule has 0 amide bonds. The number of nitrogens with zero attached hydrogens (tertiary/aromatic N) is 3. The van der Waals surface area contributed by atoms with E-state index in [1.807, 2.05) is 19.2 Å². The molecule has 194 valence electrons. The average molecular weight is 542 g/mol. The van der Waals surface area contributed by atoms with Gasteiger partial charge in [0.15, 0.2) is 10.7 Å². The van der Waals surface area contributed by atoms with Crippen LogP contribution in [0.1, 0.15) is 29.2 Å². The maximum absolute atomic E-state index is 12.4. The second-order valence-electron chi connectivity index (χ2n) is 8.73. The van der Waals surface area contributed by atoms with Gasteiger partial charge in [-0.3, -0.25) is 4.18 Å². The number of oxazole rings is 1. The standard InChI is InChI=1S/C26H27N3O6S2/c1-18-4-8-22(9-5-18)37(31,32)33-17-20(16-30)34-19-6-10-23-24(14-19)35-25(28-23)11-7-21-15-27-26(36-21)29-12-2-3-13-29/h4-11,14-15,20,30H,2-3,12-13,16-17H2,1H3. The Labute approximate surface area is 219 Å². The van der Waals surface area contributed by atoms with Crippen LogP contribution in [-0.4, -0.2) is 55.9 Å². The Balaban J connectivity index is 1.22. The number of fused-ring (bicyclic) bond motifs is 1. The third-order valence-corrected chi connectivity index (χ3v) is 8.20. The number of aromatic nitrogens is 2. The summed E-state index contributed by atoms with van der Waals surface area (Å²) in [7, 11) is -3.97. The van der Waals surface area contributed by atoms with Crippen molar-refractivity contribution in [2.45, 2.75) is 30.8 Å². The second kappa shape index (κ2) is 11.0. The van der Waals surface area contributed by atoms with Crippen molar-refractivity contribution in [1.82, 2.24) is 9.97 Å². The summed E-state index contributed by atoms with van der Waals surface area (Å²) in [6, 6.07) is 11.4. The largest absolute Gasteiger partial charge is 0.485 e. The quantitative estimate of drug-likeness (QED) is 0.290. The van der Waals surface area contributed by atoms with Gasteiger partial charge >= 0.3 is 0 Å². The van der Waals surface area contributed by atoms with E-state index < -0.39 is 22.8 Å². The zero-order valence-corrected chi connectivity index (χ0v) is 21.9. The van der Waals surface area contributed by atoms with Gasteiger partial charge in [0.05, 0.1) is 11.5 Å². The normalized spacial score (nSPS) is 15.1. The maximum atomic E-state index is 12.4. The molecule has 4 aromatic rings. The first-order valence-electron chi connectivity index (χ1n) is 11.9. The molecule has 0 aliphatic carbocycles. The Morgan fingerprint density at radius 2 is 1.95 bits per heavy atom. The van der Waals surface area contributed by atoms with Crippen molar-refractivity contribution >= 4 is 49.8 Å². The summed E-state index contributed by atoms with van der Waals surface area (Å²) in [4.78, 5) is 12.3. The van der Waals surface area contributed by atoms with Crippen LogP contribution in [-0.2, 0) is 14.3 Å². The molecular weight excluding hydrogens is 514 g/mol. The van der Waals surface area contributed by atoms with Crippen LogP contribution in [0.4, 0.5) is 5.13 Å². The number of thiazole rings is 1. The number of anilines is 1. The Morgan fingerprint density at radius 1 is 1.16 bits per heavy atom. The molecule has 9 nitrogen and oxygen atoms in total. The lowest BCUT2D eigenvalue weighted by Gasteiger charge is -2.17. The molecule has 2 aromatic carbocycles. The minimum Gasteiger partial charge on any atom is -0.485 e. The third kappa shape index (κ3) is 6.19. The lowest BCUT2D eigenvalue weighted by molar-refractivity contribution is 0.0741. The van der Waals surface area contributed by atoms with Gasteiger partial charge in [-0.05, 0) is 50.1 Å². The van der Waals surface area contributed by atoms with Gasteiger partial charge in [-0.2, -0.15) is 8.42 Å². The van der Waals surface area contributed by atoms with E-state index in [1.54, 1.807) is 47.7 Å². The second-order valence-corrected chi connectivity index (χ2v) is 11.4. The monoisotopic (exact) mass is 541 g/mol. The molecule has 1 saturated heterocycles. The lowest BCUT2D eigenvalue weighted by Crippen LogP contribution is -2.28. The number of rotatable bonds is 10. The van der Waals surface area contributed by atoms with Gasteiger partial charge < -0.3 is 19.2 Å². The fourth-order valence-corrected chi connectivity index (χ4v) is 5.69. The van der Waals surface area contributed by atoms with Crippen LogP contribution < -0.4 is 9.64 Å². The zero-order chi connectivity index (χ0) is 25.8.